The number of benzene rings is 3. The molecule has 1 heterocycles. The molecule has 30 heavy (non-hydrogen) atoms. The average molecular weight is 400 g/mol. The van der Waals surface area contributed by atoms with Crippen LogP contribution in [0.5, 0.6) is 5.75 Å². The Labute approximate surface area is 173 Å². The van der Waals surface area contributed by atoms with E-state index in [9.17, 15) is 4.79 Å². The molecule has 0 aliphatic carbocycles. The zero-order valence-corrected chi connectivity index (χ0v) is 16.5. The predicted octanol–water partition coefficient (Wildman–Crippen LogP) is 4.91. The number of methoxy groups -OCH3 is 2. The summed E-state index contributed by atoms with van der Waals surface area (Å²) in [5, 5.41) is 7.44. The maximum atomic E-state index is 11.6. The molecule has 0 bridgehead atoms. The summed E-state index contributed by atoms with van der Waals surface area (Å²) in [6, 6.07) is 22.3. The first-order valence-corrected chi connectivity index (χ1v) is 9.29. The Morgan fingerprint density at radius 2 is 1.47 bits per heavy atom. The van der Waals surface area contributed by atoms with Crippen molar-refractivity contribution in [2.24, 2.45) is 0 Å². The summed E-state index contributed by atoms with van der Waals surface area (Å²) in [6.45, 7) is 0. The second kappa shape index (κ2) is 8.48. The van der Waals surface area contributed by atoms with Crippen molar-refractivity contribution < 1.29 is 14.3 Å². The van der Waals surface area contributed by atoms with Gasteiger partial charge in [0.15, 0.2) is 0 Å². The number of hydrogen-bond acceptors (Lipinski definition) is 7. The Morgan fingerprint density at radius 3 is 2.17 bits per heavy atom. The van der Waals surface area contributed by atoms with E-state index in [1.165, 1.54) is 7.11 Å². The molecule has 0 aliphatic rings. The lowest BCUT2D eigenvalue weighted by Gasteiger charge is -2.12. The molecule has 150 valence electrons. The Morgan fingerprint density at radius 1 is 0.800 bits per heavy atom. The molecule has 0 aliphatic heterocycles. The molecular weight excluding hydrogens is 380 g/mol. The Kier molecular flexibility index (Phi) is 5.43. The van der Waals surface area contributed by atoms with Gasteiger partial charge < -0.3 is 20.1 Å². The molecule has 7 heteroatoms. The number of rotatable bonds is 6. The number of anilines is 4. The molecule has 7 nitrogen and oxygen atoms in total. The van der Waals surface area contributed by atoms with E-state index in [1.807, 2.05) is 48.5 Å². The lowest BCUT2D eigenvalue weighted by molar-refractivity contribution is 0.0601. The molecule has 4 rings (SSSR count). The highest BCUT2D eigenvalue weighted by Gasteiger charge is 2.10. The number of carbonyl (C=O) groups excluding carboxylic acids is 1. The van der Waals surface area contributed by atoms with Gasteiger partial charge in [0.2, 0.25) is 5.95 Å². The third kappa shape index (κ3) is 4.15. The van der Waals surface area contributed by atoms with Gasteiger partial charge in [-0.2, -0.15) is 4.98 Å². The number of fused-ring (bicyclic) bond motifs is 1. The third-order valence-electron chi connectivity index (χ3n) is 4.52. The van der Waals surface area contributed by atoms with Crippen molar-refractivity contribution in [3.05, 3.63) is 78.4 Å². The highest BCUT2D eigenvalue weighted by Crippen LogP contribution is 2.27. The fourth-order valence-electron chi connectivity index (χ4n) is 2.98. The highest BCUT2D eigenvalue weighted by molar-refractivity contribution is 5.92. The minimum absolute atomic E-state index is 0.380. The van der Waals surface area contributed by atoms with Gasteiger partial charge in [-0.05, 0) is 60.7 Å². The van der Waals surface area contributed by atoms with Crippen LogP contribution in [0.25, 0.3) is 10.9 Å². The Balaban J connectivity index is 1.64. The van der Waals surface area contributed by atoms with Crippen molar-refractivity contribution in [3.63, 3.8) is 0 Å². The van der Waals surface area contributed by atoms with E-state index in [0.717, 1.165) is 28.0 Å². The molecule has 0 spiro atoms. The maximum absolute atomic E-state index is 11.6. The molecule has 0 saturated heterocycles. The number of para-hydroxylation sites is 1. The van der Waals surface area contributed by atoms with Crippen LogP contribution < -0.4 is 15.4 Å². The van der Waals surface area contributed by atoms with Crippen molar-refractivity contribution in [3.8, 4) is 5.75 Å². The summed E-state index contributed by atoms with van der Waals surface area (Å²) in [6.07, 6.45) is 0. The largest absolute Gasteiger partial charge is 0.497 e. The second-order valence-corrected chi connectivity index (χ2v) is 6.46. The monoisotopic (exact) mass is 400 g/mol. The molecule has 0 fully saturated rings. The van der Waals surface area contributed by atoms with Crippen LogP contribution in [-0.4, -0.2) is 30.2 Å². The lowest BCUT2D eigenvalue weighted by atomic mass is 10.2. The van der Waals surface area contributed by atoms with Gasteiger partial charge in [0.25, 0.3) is 0 Å². The number of esters is 1. The third-order valence-corrected chi connectivity index (χ3v) is 4.52. The summed E-state index contributed by atoms with van der Waals surface area (Å²) in [4.78, 5) is 20.9. The molecule has 0 saturated carbocycles. The normalized spacial score (nSPS) is 10.5. The first-order chi connectivity index (χ1) is 14.7. The van der Waals surface area contributed by atoms with Crippen molar-refractivity contribution in [1.82, 2.24) is 9.97 Å². The fourth-order valence-corrected chi connectivity index (χ4v) is 2.98. The van der Waals surface area contributed by atoms with Gasteiger partial charge in [0.05, 0.1) is 25.3 Å². The minimum atomic E-state index is -0.380. The number of hydrogen-bond donors (Lipinski definition) is 2. The Bertz CT molecular complexity index is 1180. The first-order valence-electron chi connectivity index (χ1n) is 9.29. The Hall–Kier alpha value is -4.13. The second-order valence-electron chi connectivity index (χ2n) is 6.46. The van der Waals surface area contributed by atoms with Crippen LogP contribution in [-0.2, 0) is 4.74 Å². The molecule has 0 radical (unpaired) electrons. The van der Waals surface area contributed by atoms with Crippen LogP contribution in [0.15, 0.2) is 72.8 Å². The van der Waals surface area contributed by atoms with E-state index >= 15 is 0 Å². The van der Waals surface area contributed by atoms with Gasteiger partial charge in [0.1, 0.15) is 11.6 Å². The van der Waals surface area contributed by atoms with Crippen molar-refractivity contribution >= 4 is 40.0 Å². The number of ether oxygens (including phenoxy) is 2. The number of nitrogens with zero attached hydrogens (tertiary/aromatic N) is 2. The van der Waals surface area contributed by atoms with E-state index in [-0.39, 0.29) is 5.97 Å². The van der Waals surface area contributed by atoms with Crippen LogP contribution in [0.1, 0.15) is 10.4 Å². The van der Waals surface area contributed by atoms with Gasteiger partial charge >= 0.3 is 5.97 Å². The van der Waals surface area contributed by atoms with Gasteiger partial charge in [-0.15, -0.1) is 0 Å². The van der Waals surface area contributed by atoms with Crippen LogP contribution in [0.3, 0.4) is 0 Å². The molecule has 3 aromatic carbocycles. The molecule has 0 amide bonds. The lowest BCUT2D eigenvalue weighted by Crippen LogP contribution is -2.03. The standard InChI is InChI=1S/C23H20N4O3/c1-29-18-13-11-16(12-14-18)24-21-19-5-3-4-6-20(19)26-23(27-21)25-17-9-7-15(8-10-17)22(28)30-2/h3-14H,1-2H3,(H2,24,25,26,27). The summed E-state index contributed by atoms with van der Waals surface area (Å²) < 4.78 is 9.94. The van der Waals surface area contributed by atoms with E-state index in [0.29, 0.717) is 17.3 Å². The highest BCUT2D eigenvalue weighted by atomic mass is 16.5. The van der Waals surface area contributed by atoms with Gasteiger partial charge in [-0.1, -0.05) is 12.1 Å². The van der Waals surface area contributed by atoms with E-state index < -0.39 is 0 Å². The van der Waals surface area contributed by atoms with Gasteiger partial charge in [-0.3, -0.25) is 0 Å². The minimum Gasteiger partial charge on any atom is -0.497 e. The van der Waals surface area contributed by atoms with Crippen LogP contribution in [0.4, 0.5) is 23.1 Å². The van der Waals surface area contributed by atoms with Crippen molar-refractivity contribution in [2.45, 2.75) is 0 Å². The maximum Gasteiger partial charge on any atom is 0.337 e. The average Bonchev–Trinajstić information content (AvgIpc) is 2.79. The van der Waals surface area contributed by atoms with Gasteiger partial charge in [0, 0.05) is 16.8 Å². The predicted molar refractivity (Wildman–Crippen MR) is 117 cm³/mol. The summed E-state index contributed by atoms with van der Waals surface area (Å²) in [5.74, 6) is 1.52. The zero-order valence-electron chi connectivity index (χ0n) is 16.5. The molecule has 1 aromatic heterocycles. The zero-order chi connectivity index (χ0) is 20.9. The number of carbonyl (C=O) groups is 1. The molecule has 4 aromatic rings. The molecule has 0 unspecified atom stereocenters. The van der Waals surface area contributed by atoms with Crippen molar-refractivity contribution in [2.75, 3.05) is 24.9 Å². The van der Waals surface area contributed by atoms with Crippen LogP contribution in [0, 0.1) is 0 Å². The topological polar surface area (TPSA) is 85.4 Å². The van der Waals surface area contributed by atoms with Crippen molar-refractivity contribution in [1.29, 1.82) is 0 Å². The number of aromatic nitrogens is 2. The molecule has 0 atom stereocenters. The smallest absolute Gasteiger partial charge is 0.337 e. The summed E-state index contributed by atoms with van der Waals surface area (Å²) in [5.41, 5.74) is 2.92. The first kappa shape index (κ1) is 19.2. The van der Waals surface area contributed by atoms with Crippen LogP contribution in [0.2, 0.25) is 0 Å². The molecule has 2 N–H and O–H groups in total. The fraction of sp³-hybridized carbons (Fsp3) is 0.0870. The summed E-state index contributed by atoms with van der Waals surface area (Å²) >= 11 is 0. The number of nitrogens with one attached hydrogen (secondary N) is 2. The molecular formula is C23H20N4O3. The van der Waals surface area contributed by atoms with E-state index in [1.54, 1.807) is 31.4 Å². The van der Waals surface area contributed by atoms with E-state index in [2.05, 4.69) is 20.6 Å². The van der Waals surface area contributed by atoms with E-state index in [4.69, 9.17) is 9.47 Å². The van der Waals surface area contributed by atoms with Crippen LogP contribution >= 0.6 is 0 Å². The quantitative estimate of drug-likeness (QED) is 0.445. The summed E-state index contributed by atoms with van der Waals surface area (Å²) in [7, 11) is 2.99. The SMILES string of the molecule is COC(=O)c1ccc(Nc2nc(Nc3ccc(OC)cc3)c3ccccc3n2)cc1. The van der Waals surface area contributed by atoms with Gasteiger partial charge in [-0.25, -0.2) is 9.78 Å².